The monoisotopic (exact) mass is 593 g/mol. The van der Waals surface area contributed by atoms with Crippen LogP contribution in [0.2, 0.25) is 0 Å². The Labute approximate surface area is 264 Å². The van der Waals surface area contributed by atoms with E-state index in [2.05, 4.69) is 38.2 Å². The van der Waals surface area contributed by atoms with Gasteiger partial charge in [-0.25, -0.2) is 0 Å². The van der Waals surface area contributed by atoms with Crippen LogP contribution in [0.3, 0.4) is 0 Å². The topological polar surface area (TPSA) is 60.7 Å². The molecular weight excluding hydrogens is 516 g/mol. The van der Waals surface area contributed by atoms with Crippen molar-refractivity contribution in [1.29, 1.82) is 0 Å². The van der Waals surface area contributed by atoms with Crippen LogP contribution in [0.15, 0.2) is 24.3 Å². The Morgan fingerprint density at radius 1 is 0.381 bits per heavy atom. The largest absolute Gasteiger partial charge is 0.344 e. The molecular formula is C39H76O3. The van der Waals surface area contributed by atoms with Gasteiger partial charge in [0.25, 0.3) is 5.97 Å². The summed E-state index contributed by atoms with van der Waals surface area (Å²) in [7, 11) is 0. The molecule has 0 spiro atoms. The van der Waals surface area contributed by atoms with Crippen molar-refractivity contribution in [2.24, 2.45) is 5.92 Å². The summed E-state index contributed by atoms with van der Waals surface area (Å²) in [6.45, 7) is 4.55. The first-order chi connectivity index (χ1) is 20.5. The van der Waals surface area contributed by atoms with Crippen molar-refractivity contribution in [2.45, 2.75) is 219 Å². The summed E-state index contributed by atoms with van der Waals surface area (Å²) >= 11 is 0. The highest BCUT2D eigenvalue weighted by Crippen LogP contribution is 2.25. The summed E-state index contributed by atoms with van der Waals surface area (Å²) < 4.78 is 0. The quantitative estimate of drug-likeness (QED) is 0.0395. The van der Waals surface area contributed by atoms with Gasteiger partial charge in [-0.2, -0.15) is 0 Å². The fraction of sp³-hybridized carbons (Fsp3) is 0.897. The van der Waals surface area contributed by atoms with Gasteiger partial charge >= 0.3 is 0 Å². The van der Waals surface area contributed by atoms with E-state index in [0.717, 1.165) is 25.7 Å². The molecule has 0 saturated heterocycles. The van der Waals surface area contributed by atoms with Crippen LogP contribution in [0.1, 0.15) is 213 Å². The van der Waals surface area contributed by atoms with E-state index in [4.69, 9.17) is 0 Å². The lowest BCUT2D eigenvalue weighted by Gasteiger charge is -2.22. The molecule has 0 fully saturated rings. The Hall–Kier alpha value is -0.640. The third kappa shape index (κ3) is 35.6. The van der Waals surface area contributed by atoms with Gasteiger partial charge in [0.05, 0.1) is 0 Å². The summed E-state index contributed by atoms with van der Waals surface area (Å²) in [5.41, 5.74) is 0. The molecule has 0 radical (unpaired) electrons. The zero-order valence-corrected chi connectivity index (χ0v) is 28.6. The lowest BCUT2D eigenvalue weighted by Crippen LogP contribution is -2.30. The van der Waals surface area contributed by atoms with Crippen LogP contribution < -0.4 is 0 Å². The van der Waals surface area contributed by atoms with Gasteiger partial charge in [0.1, 0.15) is 0 Å². The predicted molar refractivity (Wildman–Crippen MR) is 186 cm³/mol. The molecule has 0 unspecified atom stereocenters. The first-order valence-corrected chi connectivity index (χ1v) is 19.0. The first kappa shape index (κ1) is 41.4. The second kappa shape index (κ2) is 33.3. The van der Waals surface area contributed by atoms with Crippen LogP contribution in [-0.4, -0.2) is 21.3 Å². The molecule has 0 saturated carbocycles. The van der Waals surface area contributed by atoms with Crippen molar-refractivity contribution >= 4 is 0 Å². The molecule has 0 aromatic heterocycles. The highest BCUT2D eigenvalue weighted by Gasteiger charge is 2.24. The zero-order valence-electron chi connectivity index (χ0n) is 28.6. The maximum absolute atomic E-state index is 9.56. The fourth-order valence-electron chi connectivity index (χ4n) is 6.10. The molecule has 0 heterocycles. The molecule has 42 heavy (non-hydrogen) atoms. The van der Waals surface area contributed by atoms with Crippen molar-refractivity contribution in [3.63, 3.8) is 0 Å². The third-order valence-electron chi connectivity index (χ3n) is 8.81. The normalized spacial score (nSPS) is 12.5. The van der Waals surface area contributed by atoms with Gasteiger partial charge in [-0.05, 0) is 57.3 Å². The van der Waals surface area contributed by atoms with Crippen LogP contribution in [0.25, 0.3) is 0 Å². The van der Waals surface area contributed by atoms with Crippen LogP contribution in [0, 0.1) is 5.92 Å². The third-order valence-corrected chi connectivity index (χ3v) is 8.81. The van der Waals surface area contributed by atoms with E-state index in [9.17, 15) is 15.3 Å². The van der Waals surface area contributed by atoms with Gasteiger partial charge < -0.3 is 15.3 Å². The number of hydrogen-bond donors (Lipinski definition) is 3. The minimum absolute atomic E-state index is 0.0865. The predicted octanol–water partition coefficient (Wildman–Crippen LogP) is 12.5. The van der Waals surface area contributed by atoms with E-state index in [1.165, 1.54) is 167 Å². The highest BCUT2D eigenvalue weighted by molar-refractivity contribution is 4.82. The van der Waals surface area contributed by atoms with E-state index in [1.54, 1.807) is 0 Å². The Morgan fingerprint density at radius 2 is 0.643 bits per heavy atom. The van der Waals surface area contributed by atoms with Crippen molar-refractivity contribution in [1.82, 2.24) is 0 Å². The molecule has 0 aliphatic heterocycles. The van der Waals surface area contributed by atoms with E-state index in [0.29, 0.717) is 0 Å². The van der Waals surface area contributed by atoms with Gasteiger partial charge in [0, 0.05) is 6.42 Å². The second-order valence-electron chi connectivity index (χ2n) is 13.3. The van der Waals surface area contributed by atoms with Gasteiger partial charge in [0.2, 0.25) is 0 Å². The average Bonchev–Trinajstić information content (AvgIpc) is 2.95. The summed E-state index contributed by atoms with van der Waals surface area (Å²) in [4.78, 5) is 0. The van der Waals surface area contributed by atoms with Gasteiger partial charge in [-0.1, -0.05) is 179 Å². The van der Waals surface area contributed by atoms with Crippen LogP contribution >= 0.6 is 0 Å². The van der Waals surface area contributed by atoms with E-state index < -0.39 is 5.97 Å². The molecule has 250 valence electrons. The summed E-state index contributed by atoms with van der Waals surface area (Å²) in [5, 5.41) is 28.7. The molecule has 3 nitrogen and oxygen atoms in total. The molecule has 0 aromatic carbocycles. The molecule has 3 heteroatoms. The fourth-order valence-corrected chi connectivity index (χ4v) is 6.10. The minimum Gasteiger partial charge on any atom is -0.344 e. The molecule has 0 atom stereocenters. The SMILES string of the molecule is CCCCCCCC/C=C\CCCCCCCCC(CCCCCCCC/C=C\CCCCCCCC)CC(O)(O)O. The average molecular weight is 593 g/mol. The number of rotatable bonds is 34. The number of allylic oxidation sites excluding steroid dienone is 4. The summed E-state index contributed by atoms with van der Waals surface area (Å²) in [6, 6.07) is 0. The molecule has 0 aromatic rings. The molecule has 0 amide bonds. The van der Waals surface area contributed by atoms with Crippen LogP contribution in [0.5, 0.6) is 0 Å². The number of aliphatic hydroxyl groups is 3. The Kier molecular flexibility index (Phi) is 32.8. The minimum atomic E-state index is -2.52. The lowest BCUT2D eigenvalue weighted by atomic mass is 9.90. The highest BCUT2D eigenvalue weighted by atomic mass is 16.7. The molecule has 0 bridgehead atoms. The van der Waals surface area contributed by atoms with Crippen LogP contribution in [-0.2, 0) is 0 Å². The maximum atomic E-state index is 9.56. The smallest absolute Gasteiger partial charge is 0.275 e. The van der Waals surface area contributed by atoms with Crippen molar-refractivity contribution < 1.29 is 15.3 Å². The van der Waals surface area contributed by atoms with E-state index in [1.807, 2.05) is 0 Å². The number of hydrogen-bond acceptors (Lipinski definition) is 3. The Bertz CT molecular complexity index is 520. The molecule has 3 N–H and O–H groups in total. The van der Waals surface area contributed by atoms with Gasteiger partial charge in [0.15, 0.2) is 0 Å². The van der Waals surface area contributed by atoms with Crippen molar-refractivity contribution in [3.8, 4) is 0 Å². The van der Waals surface area contributed by atoms with E-state index >= 15 is 0 Å². The van der Waals surface area contributed by atoms with Crippen LogP contribution in [0.4, 0.5) is 0 Å². The number of unbranched alkanes of at least 4 members (excludes halogenated alkanes) is 24. The maximum Gasteiger partial charge on any atom is 0.275 e. The first-order valence-electron chi connectivity index (χ1n) is 19.0. The Balaban J connectivity index is 3.66. The van der Waals surface area contributed by atoms with Crippen molar-refractivity contribution in [2.75, 3.05) is 0 Å². The summed E-state index contributed by atoms with van der Waals surface area (Å²) in [5.74, 6) is -2.31. The zero-order chi connectivity index (χ0) is 30.8. The standard InChI is InChI=1S/C39H76O3/c1-3-5-7-9-11-13-15-17-19-21-23-25-27-29-31-33-35-38(37-39(40,41)42)36-34-32-30-28-26-24-22-20-18-16-14-12-10-8-6-4-2/h17-20,38,40-42H,3-16,21-37H2,1-2H3/b19-17-,20-18-. The summed E-state index contributed by atoms with van der Waals surface area (Å²) in [6.07, 6.45) is 48.2. The lowest BCUT2D eigenvalue weighted by molar-refractivity contribution is -0.320. The van der Waals surface area contributed by atoms with E-state index in [-0.39, 0.29) is 12.3 Å². The Morgan fingerprint density at radius 3 is 0.929 bits per heavy atom. The molecule has 0 aliphatic rings. The molecule has 0 rings (SSSR count). The second-order valence-corrected chi connectivity index (χ2v) is 13.3. The van der Waals surface area contributed by atoms with Crippen molar-refractivity contribution in [3.05, 3.63) is 24.3 Å². The molecule has 0 aliphatic carbocycles. The van der Waals surface area contributed by atoms with Gasteiger partial charge in [-0.3, -0.25) is 0 Å². The van der Waals surface area contributed by atoms with Gasteiger partial charge in [-0.15, -0.1) is 0 Å².